The lowest BCUT2D eigenvalue weighted by Gasteiger charge is -2.03. The van der Waals surface area contributed by atoms with Crippen LogP contribution in [0.5, 0.6) is 0 Å². The Hall–Kier alpha value is -0.650. The minimum Gasteiger partial charge on any atom is -0.225 e. The molecule has 2 aromatic rings. The first kappa shape index (κ1) is 11.8. The Kier molecular flexibility index (Phi) is 3.78. The molecule has 0 N–H and O–H groups in total. The molecule has 0 aliphatic rings. The molecule has 2 nitrogen and oxygen atoms in total. The lowest BCUT2D eigenvalue weighted by molar-refractivity contribution is 0.624. The Labute approximate surface area is 109 Å². The van der Waals surface area contributed by atoms with Gasteiger partial charge in [0.15, 0.2) is 0 Å². The zero-order chi connectivity index (χ0) is 11.5. The summed E-state index contributed by atoms with van der Waals surface area (Å²) >= 11 is 10.3. The van der Waals surface area contributed by atoms with Crippen LogP contribution < -0.4 is 0 Å². The van der Waals surface area contributed by atoms with Crippen molar-refractivity contribution in [2.75, 3.05) is 0 Å². The highest BCUT2D eigenvalue weighted by Gasteiger charge is 2.06. The number of rotatable bonds is 2. The SMILES string of the molecule is Fc1cccc(Sc2nc(Cl)ncc2Br)c1. The maximum atomic E-state index is 13.0. The third-order valence-electron chi connectivity index (χ3n) is 1.69. The maximum Gasteiger partial charge on any atom is 0.223 e. The van der Waals surface area contributed by atoms with Crippen LogP contribution in [0.4, 0.5) is 4.39 Å². The number of aromatic nitrogens is 2. The summed E-state index contributed by atoms with van der Waals surface area (Å²) in [5.41, 5.74) is 0. The van der Waals surface area contributed by atoms with E-state index in [-0.39, 0.29) is 11.1 Å². The Bertz CT molecular complexity index is 524. The molecule has 0 radical (unpaired) electrons. The molecule has 82 valence electrons. The summed E-state index contributed by atoms with van der Waals surface area (Å²) in [6.45, 7) is 0. The third kappa shape index (κ3) is 2.93. The second-order valence-electron chi connectivity index (χ2n) is 2.85. The minimum absolute atomic E-state index is 0.169. The van der Waals surface area contributed by atoms with Gasteiger partial charge in [-0.15, -0.1) is 0 Å². The van der Waals surface area contributed by atoms with Gasteiger partial charge in [0, 0.05) is 11.1 Å². The molecule has 0 bridgehead atoms. The molecule has 2 rings (SSSR count). The molecular formula is C10H5BrClFN2S. The molecule has 1 aromatic heterocycles. The molecule has 0 unspecified atom stereocenters. The summed E-state index contributed by atoms with van der Waals surface area (Å²) in [4.78, 5) is 8.62. The van der Waals surface area contributed by atoms with Gasteiger partial charge in [0.2, 0.25) is 5.28 Å². The number of nitrogens with zero attached hydrogens (tertiary/aromatic N) is 2. The van der Waals surface area contributed by atoms with Crippen LogP contribution in [0.1, 0.15) is 0 Å². The molecule has 16 heavy (non-hydrogen) atoms. The quantitative estimate of drug-likeness (QED) is 0.613. The number of hydrogen-bond acceptors (Lipinski definition) is 3. The highest BCUT2D eigenvalue weighted by molar-refractivity contribution is 9.10. The van der Waals surface area contributed by atoms with E-state index < -0.39 is 0 Å². The van der Waals surface area contributed by atoms with E-state index in [0.29, 0.717) is 5.03 Å². The van der Waals surface area contributed by atoms with E-state index in [9.17, 15) is 4.39 Å². The van der Waals surface area contributed by atoms with Gasteiger partial charge in [0.05, 0.1) is 4.47 Å². The number of hydrogen-bond donors (Lipinski definition) is 0. The van der Waals surface area contributed by atoms with Crippen molar-refractivity contribution in [3.63, 3.8) is 0 Å². The van der Waals surface area contributed by atoms with Gasteiger partial charge >= 0.3 is 0 Å². The number of benzene rings is 1. The Balaban J connectivity index is 2.30. The zero-order valence-corrected chi connectivity index (χ0v) is 11.0. The molecule has 0 aliphatic heterocycles. The van der Waals surface area contributed by atoms with Crippen LogP contribution in [0.3, 0.4) is 0 Å². The van der Waals surface area contributed by atoms with Crippen molar-refractivity contribution in [1.29, 1.82) is 0 Å². The Morgan fingerprint density at radius 2 is 2.19 bits per heavy atom. The first-order valence-electron chi connectivity index (χ1n) is 4.26. The van der Waals surface area contributed by atoms with Crippen molar-refractivity contribution in [1.82, 2.24) is 9.97 Å². The van der Waals surface area contributed by atoms with Crippen molar-refractivity contribution in [3.05, 3.63) is 46.0 Å². The van der Waals surface area contributed by atoms with Crippen LogP contribution in [-0.4, -0.2) is 9.97 Å². The van der Waals surface area contributed by atoms with E-state index in [1.807, 2.05) is 0 Å². The average Bonchev–Trinajstić information content (AvgIpc) is 2.24. The van der Waals surface area contributed by atoms with Crippen LogP contribution in [0, 0.1) is 5.82 Å². The van der Waals surface area contributed by atoms with E-state index >= 15 is 0 Å². The summed E-state index contributed by atoms with van der Waals surface area (Å²) in [7, 11) is 0. The van der Waals surface area contributed by atoms with Gasteiger partial charge in [0.1, 0.15) is 10.8 Å². The predicted molar refractivity (Wildman–Crippen MR) is 65.3 cm³/mol. The minimum atomic E-state index is -0.277. The van der Waals surface area contributed by atoms with Crippen LogP contribution in [0.2, 0.25) is 5.28 Å². The van der Waals surface area contributed by atoms with Gasteiger partial charge in [-0.25, -0.2) is 14.4 Å². The molecule has 0 saturated carbocycles. The first-order valence-corrected chi connectivity index (χ1v) is 6.25. The average molecular weight is 320 g/mol. The molecule has 1 heterocycles. The van der Waals surface area contributed by atoms with Gasteiger partial charge in [0.25, 0.3) is 0 Å². The molecule has 0 amide bonds. The van der Waals surface area contributed by atoms with Crippen molar-refractivity contribution in [2.24, 2.45) is 0 Å². The van der Waals surface area contributed by atoms with E-state index in [4.69, 9.17) is 11.6 Å². The molecule has 0 fully saturated rings. The van der Waals surface area contributed by atoms with Crippen molar-refractivity contribution in [3.8, 4) is 0 Å². The van der Waals surface area contributed by atoms with Crippen LogP contribution in [0.15, 0.2) is 44.9 Å². The molecule has 0 spiro atoms. The van der Waals surface area contributed by atoms with E-state index in [1.165, 1.54) is 23.9 Å². The lowest BCUT2D eigenvalue weighted by atomic mass is 10.4. The second kappa shape index (κ2) is 5.12. The lowest BCUT2D eigenvalue weighted by Crippen LogP contribution is -1.87. The summed E-state index contributed by atoms with van der Waals surface area (Å²) < 4.78 is 13.7. The molecular weight excluding hydrogens is 315 g/mol. The van der Waals surface area contributed by atoms with Crippen LogP contribution in [-0.2, 0) is 0 Å². The van der Waals surface area contributed by atoms with Gasteiger partial charge in [-0.2, -0.15) is 0 Å². The topological polar surface area (TPSA) is 25.8 Å². The first-order chi connectivity index (χ1) is 7.65. The van der Waals surface area contributed by atoms with Gasteiger partial charge in [-0.3, -0.25) is 0 Å². The highest BCUT2D eigenvalue weighted by atomic mass is 79.9. The Morgan fingerprint density at radius 3 is 2.94 bits per heavy atom. The summed E-state index contributed by atoms with van der Waals surface area (Å²) in [6.07, 6.45) is 1.57. The second-order valence-corrected chi connectivity index (χ2v) is 5.11. The standard InChI is InChI=1S/C10H5BrClFN2S/c11-8-5-14-10(12)15-9(8)16-7-3-1-2-6(13)4-7/h1-5H. The number of halogens is 3. The van der Waals surface area contributed by atoms with Crippen molar-refractivity contribution < 1.29 is 4.39 Å². The smallest absolute Gasteiger partial charge is 0.223 e. The monoisotopic (exact) mass is 318 g/mol. The molecule has 0 atom stereocenters. The summed E-state index contributed by atoms with van der Waals surface area (Å²) in [5, 5.41) is 0.827. The van der Waals surface area contributed by atoms with Gasteiger partial charge < -0.3 is 0 Å². The fraction of sp³-hybridized carbons (Fsp3) is 0. The zero-order valence-electron chi connectivity index (χ0n) is 7.82. The summed E-state index contributed by atoms with van der Waals surface area (Å²) in [6, 6.07) is 6.28. The van der Waals surface area contributed by atoms with E-state index in [0.717, 1.165) is 9.37 Å². The molecule has 0 aliphatic carbocycles. The molecule has 1 aromatic carbocycles. The molecule has 0 saturated heterocycles. The van der Waals surface area contributed by atoms with Crippen LogP contribution >= 0.6 is 39.3 Å². The maximum absolute atomic E-state index is 13.0. The fourth-order valence-electron chi connectivity index (χ4n) is 1.04. The predicted octanol–water partition coefficient (Wildman–Crippen LogP) is 4.18. The highest BCUT2D eigenvalue weighted by Crippen LogP contribution is 2.32. The van der Waals surface area contributed by atoms with E-state index in [2.05, 4.69) is 25.9 Å². The van der Waals surface area contributed by atoms with Crippen molar-refractivity contribution in [2.45, 2.75) is 9.92 Å². The third-order valence-corrected chi connectivity index (χ3v) is 3.71. The van der Waals surface area contributed by atoms with Gasteiger partial charge in [-0.05, 0) is 45.7 Å². The Morgan fingerprint density at radius 1 is 1.38 bits per heavy atom. The summed E-state index contributed by atoms with van der Waals surface area (Å²) in [5.74, 6) is -0.277. The van der Waals surface area contributed by atoms with Crippen molar-refractivity contribution >= 4 is 39.3 Å². The largest absolute Gasteiger partial charge is 0.225 e. The molecule has 6 heteroatoms. The normalized spacial score (nSPS) is 10.4. The van der Waals surface area contributed by atoms with E-state index in [1.54, 1.807) is 18.3 Å². The van der Waals surface area contributed by atoms with Crippen LogP contribution in [0.25, 0.3) is 0 Å². The van der Waals surface area contributed by atoms with Gasteiger partial charge in [-0.1, -0.05) is 17.8 Å². The fourth-order valence-corrected chi connectivity index (χ4v) is 2.49.